The number of rotatable bonds is 6. The summed E-state index contributed by atoms with van der Waals surface area (Å²) in [4.78, 5) is 17.3. The maximum absolute atomic E-state index is 13.0. The van der Waals surface area contributed by atoms with Crippen molar-refractivity contribution >= 4 is 60.5 Å². The Balaban J connectivity index is 1.22. The molecule has 2 aliphatic rings. The summed E-state index contributed by atoms with van der Waals surface area (Å²) in [7, 11) is -3.47. The van der Waals surface area contributed by atoms with Gasteiger partial charge in [0.15, 0.2) is 0 Å². The Bertz CT molecular complexity index is 1050. The summed E-state index contributed by atoms with van der Waals surface area (Å²) in [6.45, 7) is 3.49. The number of anilines is 1. The third-order valence-electron chi connectivity index (χ3n) is 6.34. The molecule has 2 heterocycles. The molecular formula is C22H27BrClN3O3S2. The van der Waals surface area contributed by atoms with E-state index in [4.69, 9.17) is 11.6 Å². The summed E-state index contributed by atoms with van der Waals surface area (Å²) in [6.07, 6.45) is 3.39. The Morgan fingerprint density at radius 3 is 2.44 bits per heavy atom. The first-order valence-electron chi connectivity index (χ1n) is 10.9. The first-order valence-corrected chi connectivity index (χ1v) is 14.3. The fourth-order valence-corrected chi connectivity index (χ4v) is 7.83. The summed E-state index contributed by atoms with van der Waals surface area (Å²) >= 11 is 10.6. The lowest BCUT2D eigenvalue weighted by Crippen LogP contribution is -2.50. The van der Waals surface area contributed by atoms with Crippen molar-refractivity contribution in [2.45, 2.75) is 29.9 Å². The summed E-state index contributed by atoms with van der Waals surface area (Å²) in [5.74, 6) is 0.573. The zero-order valence-corrected chi connectivity index (χ0v) is 21.6. The molecule has 1 aromatic carbocycles. The second-order valence-corrected chi connectivity index (χ2v) is 13.3. The van der Waals surface area contributed by atoms with E-state index in [1.165, 1.54) is 11.3 Å². The second-order valence-electron chi connectivity index (χ2n) is 8.42. The predicted molar refractivity (Wildman–Crippen MR) is 133 cm³/mol. The monoisotopic (exact) mass is 559 g/mol. The lowest BCUT2D eigenvalue weighted by Gasteiger charge is -2.39. The van der Waals surface area contributed by atoms with Crippen LogP contribution in [-0.2, 0) is 14.8 Å². The highest BCUT2D eigenvalue weighted by molar-refractivity contribution is 9.11. The number of amides is 1. The zero-order chi connectivity index (χ0) is 22.7. The number of sulfonamides is 1. The minimum absolute atomic E-state index is 0.0498. The highest BCUT2D eigenvalue weighted by atomic mass is 79.9. The van der Waals surface area contributed by atoms with Gasteiger partial charge in [0.25, 0.3) is 0 Å². The molecule has 1 aromatic heterocycles. The Morgan fingerprint density at radius 1 is 1.09 bits per heavy atom. The van der Waals surface area contributed by atoms with E-state index >= 15 is 0 Å². The van der Waals surface area contributed by atoms with Crippen LogP contribution in [0, 0.1) is 11.8 Å². The fourth-order valence-electron chi connectivity index (χ4n) is 4.47. The molecule has 0 unspecified atom stereocenters. The number of carbonyl (C=O) groups is 1. The van der Waals surface area contributed by atoms with E-state index in [0.717, 1.165) is 66.4 Å². The van der Waals surface area contributed by atoms with E-state index in [1.54, 1.807) is 12.1 Å². The molecule has 1 saturated heterocycles. The quantitative estimate of drug-likeness (QED) is 0.561. The van der Waals surface area contributed by atoms with Crippen LogP contribution in [0.2, 0.25) is 5.02 Å². The number of carbonyl (C=O) groups excluding carboxylic acids is 1. The standard InChI is InChI=1S/C22H27BrClN3O3S2/c23-20-8-9-21(31-20)32(29,30)25-15-16-4-6-17(7-5-16)22(28)27-12-10-26(11-13-27)19-3-1-2-18(24)14-19/h1-3,8-9,14,16-17,25H,4-7,10-13,15H2. The first kappa shape index (κ1) is 24.0. The molecular weight excluding hydrogens is 534 g/mol. The number of thiophene rings is 1. The maximum Gasteiger partial charge on any atom is 0.250 e. The summed E-state index contributed by atoms with van der Waals surface area (Å²) in [6, 6.07) is 11.2. The van der Waals surface area contributed by atoms with Crippen LogP contribution in [0.3, 0.4) is 0 Å². The summed E-state index contributed by atoms with van der Waals surface area (Å²) in [5.41, 5.74) is 1.10. The van der Waals surface area contributed by atoms with Gasteiger partial charge in [-0.2, -0.15) is 0 Å². The molecule has 6 nitrogen and oxygen atoms in total. The van der Waals surface area contributed by atoms with Gasteiger partial charge >= 0.3 is 0 Å². The van der Waals surface area contributed by atoms with Crippen molar-refractivity contribution in [2.24, 2.45) is 11.8 Å². The lowest BCUT2D eigenvalue weighted by molar-refractivity contribution is -0.137. The van der Waals surface area contributed by atoms with Gasteiger partial charge < -0.3 is 9.80 Å². The van der Waals surface area contributed by atoms with Gasteiger partial charge in [-0.05, 0) is 77.9 Å². The van der Waals surface area contributed by atoms with Gasteiger partial charge in [0.1, 0.15) is 4.21 Å². The largest absolute Gasteiger partial charge is 0.368 e. The van der Waals surface area contributed by atoms with Gasteiger partial charge in [-0.3, -0.25) is 4.79 Å². The molecule has 1 aliphatic heterocycles. The minimum Gasteiger partial charge on any atom is -0.368 e. The van der Waals surface area contributed by atoms with Crippen molar-refractivity contribution < 1.29 is 13.2 Å². The lowest BCUT2D eigenvalue weighted by atomic mass is 9.81. The van der Waals surface area contributed by atoms with Crippen LogP contribution < -0.4 is 9.62 Å². The van der Waals surface area contributed by atoms with Gasteiger partial charge in [-0.1, -0.05) is 17.7 Å². The molecule has 1 N–H and O–H groups in total. The van der Waals surface area contributed by atoms with Gasteiger partial charge in [0.2, 0.25) is 15.9 Å². The number of nitrogens with zero attached hydrogens (tertiary/aromatic N) is 2. The van der Waals surface area contributed by atoms with Gasteiger partial charge in [0.05, 0.1) is 3.79 Å². The third-order valence-corrected chi connectivity index (χ3v) is 10.1. The highest BCUT2D eigenvalue weighted by Crippen LogP contribution is 2.31. The van der Waals surface area contributed by atoms with Gasteiger partial charge in [-0.15, -0.1) is 11.3 Å². The number of halogens is 2. The molecule has 0 radical (unpaired) electrons. The molecule has 4 rings (SSSR count). The van der Waals surface area contributed by atoms with E-state index in [1.807, 2.05) is 23.1 Å². The molecule has 1 saturated carbocycles. The molecule has 0 spiro atoms. The van der Waals surface area contributed by atoms with Crippen molar-refractivity contribution in [3.8, 4) is 0 Å². The van der Waals surface area contributed by atoms with E-state index in [0.29, 0.717) is 10.8 Å². The number of nitrogens with one attached hydrogen (secondary N) is 1. The first-order chi connectivity index (χ1) is 15.3. The average Bonchev–Trinajstić information content (AvgIpc) is 3.25. The fraction of sp³-hybridized carbons (Fsp3) is 0.500. The van der Waals surface area contributed by atoms with Crippen molar-refractivity contribution in [3.63, 3.8) is 0 Å². The molecule has 2 fully saturated rings. The molecule has 2 aromatic rings. The van der Waals surface area contributed by atoms with Crippen LogP contribution in [0.5, 0.6) is 0 Å². The Morgan fingerprint density at radius 2 is 1.81 bits per heavy atom. The molecule has 174 valence electrons. The van der Waals surface area contributed by atoms with Crippen molar-refractivity contribution in [1.82, 2.24) is 9.62 Å². The number of benzene rings is 1. The highest BCUT2D eigenvalue weighted by Gasteiger charge is 2.31. The van der Waals surface area contributed by atoms with Gasteiger partial charge in [0, 0.05) is 49.4 Å². The Kier molecular flexibility index (Phi) is 7.82. The van der Waals surface area contributed by atoms with Crippen LogP contribution in [0.15, 0.2) is 44.4 Å². The molecule has 1 aliphatic carbocycles. The minimum atomic E-state index is -3.47. The van der Waals surface area contributed by atoms with E-state index < -0.39 is 10.0 Å². The Hall–Kier alpha value is -1.13. The van der Waals surface area contributed by atoms with Crippen molar-refractivity contribution in [3.05, 3.63) is 45.2 Å². The van der Waals surface area contributed by atoms with Crippen LogP contribution in [0.1, 0.15) is 25.7 Å². The summed E-state index contributed by atoms with van der Waals surface area (Å²) in [5, 5.41) is 0.725. The Labute approximate surface area is 207 Å². The normalized spacial score (nSPS) is 22.2. The van der Waals surface area contributed by atoms with Crippen molar-refractivity contribution in [2.75, 3.05) is 37.6 Å². The van der Waals surface area contributed by atoms with Gasteiger partial charge in [-0.25, -0.2) is 13.1 Å². The third kappa shape index (κ3) is 5.86. The molecule has 10 heteroatoms. The average molecular weight is 561 g/mol. The number of hydrogen-bond donors (Lipinski definition) is 1. The molecule has 0 atom stereocenters. The topological polar surface area (TPSA) is 69.7 Å². The molecule has 0 bridgehead atoms. The van der Waals surface area contributed by atoms with Crippen LogP contribution in [0.25, 0.3) is 0 Å². The zero-order valence-electron chi connectivity index (χ0n) is 17.7. The second kappa shape index (κ2) is 10.4. The van der Waals surface area contributed by atoms with Crippen LogP contribution >= 0.6 is 38.9 Å². The molecule has 32 heavy (non-hydrogen) atoms. The number of piperazine rings is 1. The maximum atomic E-state index is 13.0. The summed E-state index contributed by atoms with van der Waals surface area (Å²) < 4.78 is 28.7. The predicted octanol–water partition coefficient (Wildman–Crippen LogP) is 4.60. The smallest absolute Gasteiger partial charge is 0.250 e. The van der Waals surface area contributed by atoms with Crippen LogP contribution in [0.4, 0.5) is 5.69 Å². The number of hydrogen-bond acceptors (Lipinski definition) is 5. The van der Waals surface area contributed by atoms with E-state index in [2.05, 4.69) is 31.6 Å². The molecule has 1 amide bonds. The van der Waals surface area contributed by atoms with E-state index in [-0.39, 0.29) is 17.7 Å². The van der Waals surface area contributed by atoms with E-state index in [9.17, 15) is 13.2 Å². The SMILES string of the molecule is O=C(C1CCC(CNS(=O)(=O)c2ccc(Br)s2)CC1)N1CCN(c2cccc(Cl)c2)CC1. The van der Waals surface area contributed by atoms with Crippen molar-refractivity contribution in [1.29, 1.82) is 0 Å². The van der Waals surface area contributed by atoms with Crippen LogP contribution in [-0.4, -0.2) is 51.9 Å².